The van der Waals surface area contributed by atoms with Crippen LogP contribution in [0.1, 0.15) is 39.0 Å². The number of allylic oxidation sites excluding steroid dienone is 1. The van der Waals surface area contributed by atoms with Crippen molar-refractivity contribution in [2.75, 3.05) is 6.61 Å². The van der Waals surface area contributed by atoms with Crippen LogP contribution in [0.5, 0.6) is 0 Å². The first-order chi connectivity index (χ1) is 7.65. The van der Waals surface area contributed by atoms with E-state index in [1.807, 2.05) is 6.92 Å². The molecule has 1 aliphatic rings. The maximum Gasteiger partial charge on any atom is 0.345 e. The maximum absolute atomic E-state index is 11.5. The van der Waals surface area contributed by atoms with Crippen molar-refractivity contribution in [1.29, 1.82) is 0 Å². The average molecular weight is 226 g/mol. The third-order valence-electron chi connectivity index (χ3n) is 2.69. The van der Waals surface area contributed by atoms with Gasteiger partial charge in [0.15, 0.2) is 0 Å². The van der Waals surface area contributed by atoms with Crippen LogP contribution < -0.4 is 0 Å². The lowest BCUT2D eigenvalue weighted by atomic mass is 10.0. The number of carbonyl (C=O) groups excluding carboxylic acids is 1. The summed E-state index contributed by atoms with van der Waals surface area (Å²) >= 11 is 0. The first-order valence-electron chi connectivity index (χ1n) is 5.77. The lowest BCUT2D eigenvalue weighted by Gasteiger charge is -2.06. The number of carboxylic acid groups (broad SMARTS) is 1. The Morgan fingerprint density at radius 1 is 1.38 bits per heavy atom. The number of rotatable bonds is 5. The molecule has 0 aromatic rings. The van der Waals surface area contributed by atoms with Crippen LogP contribution >= 0.6 is 0 Å². The number of aliphatic carboxylic acids is 1. The molecule has 4 heteroatoms. The van der Waals surface area contributed by atoms with Gasteiger partial charge in [0.1, 0.15) is 5.57 Å². The van der Waals surface area contributed by atoms with Crippen molar-refractivity contribution < 1.29 is 19.4 Å². The molecule has 0 amide bonds. The van der Waals surface area contributed by atoms with Gasteiger partial charge in [-0.1, -0.05) is 25.8 Å². The fourth-order valence-corrected chi connectivity index (χ4v) is 1.86. The van der Waals surface area contributed by atoms with Crippen LogP contribution in [0.25, 0.3) is 0 Å². The van der Waals surface area contributed by atoms with Crippen molar-refractivity contribution >= 4 is 11.9 Å². The SMILES string of the molecule is CCCOC(=O)C(=CC1CCCC1)C(=O)O. The Kier molecular flexibility index (Phi) is 5.02. The second-order valence-corrected chi connectivity index (χ2v) is 4.07. The molecule has 0 heterocycles. The normalized spacial score (nSPS) is 17.4. The molecule has 1 aliphatic carbocycles. The van der Waals surface area contributed by atoms with E-state index in [0.29, 0.717) is 6.42 Å². The van der Waals surface area contributed by atoms with Crippen LogP contribution in [0.2, 0.25) is 0 Å². The standard InChI is InChI=1S/C12H18O4/c1-2-7-16-12(15)10(11(13)14)8-9-5-3-4-6-9/h8-9H,2-7H2,1H3,(H,13,14). The molecule has 1 saturated carbocycles. The predicted octanol–water partition coefficient (Wildman–Crippen LogP) is 2.14. The smallest absolute Gasteiger partial charge is 0.345 e. The zero-order chi connectivity index (χ0) is 12.0. The van der Waals surface area contributed by atoms with Crippen LogP contribution in [0.15, 0.2) is 11.6 Å². The quantitative estimate of drug-likeness (QED) is 0.337. The Bertz CT molecular complexity index is 287. The van der Waals surface area contributed by atoms with E-state index in [1.54, 1.807) is 6.08 Å². The van der Waals surface area contributed by atoms with Crippen molar-refractivity contribution in [3.63, 3.8) is 0 Å². The summed E-state index contributed by atoms with van der Waals surface area (Å²) in [7, 11) is 0. The summed E-state index contributed by atoms with van der Waals surface area (Å²) in [5.41, 5.74) is -0.208. The molecule has 0 aromatic carbocycles. The number of carboxylic acids is 1. The molecule has 0 atom stereocenters. The number of hydrogen-bond acceptors (Lipinski definition) is 3. The van der Waals surface area contributed by atoms with Crippen LogP contribution in [-0.2, 0) is 14.3 Å². The molecule has 1 fully saturated rings. The minimum atomic E-state index is -1.19. The number of esters is 1. The van der Waals surface area contributed by atoms with E-state index in [2.05, 4.69) is 0 Å². The first-order valence-corrected chi connectivity index (χ1v) is 5.77. The van der Waals surface area contributed by atoms with E-state index in [0.717, 1.165) is 25.7 Å². The van der Waals surface area contributed by atoms with Crippen molar-refractivity contribution in [2.24, 2.45) is 5.92 Å². The highest BCUT2D eigenvalue weighted by Crippen LogP contribution is 2.27. The van der Waals surface area contributed by atoms with Gasteiger partial charge in [0.25, 0.3) is 0 Å². The average Bonchev–Trinajstić information content (AvgIpc) is 2.74. The number of carbonyl (C=O) groups is 2. The molecule has 90 valence electrons. The first kappa shape index (κ1) is 12.7. The van der Waals surface area contributed by atoms with Gasteiger partial charge in [0.05, 0.1) is 6.61 Å². The highest BCUT2D eigenvalue weighted by atomic mass is 16.5. The van der Waals surface area contributed by atoms with E-state index >= 15 is 0 Å². The molecule has 1 N–H and O–H groups in total. The summed E-state index contributed by atoms with van der Waals surface area (Å²) in [6.45, 7) is 2.14. The summed E-state index contributed by atoms with van der Waals surface area (Å²) in [6, 6.07) is 0. The van der Waals surface area contributed by atoms with Crippen molar-refractivity contribution in [3.8, 4) is 0 Å². The van der Waals surface area contributed by atoms with E-state index < -0.39 is 11.9 Å². The third-order valence-corrected chi connectivity index (χ3v) is 2.69. The van der Waals surface area contributed by atoms with Crippen LogP contribution in [-0.4, -0.2) is 23.7 Å². The summed E-state index contributed by atoms with van der Waals surface area (Å²) in [5.74, 6) is -1.67. The van der Waals surface area contributed by atoms with Crippen molar-refractivity contribution in [1.82, 2.24) is 0 Å². The maximum atomic E-state index is 11.5. The van der Waals surface area contributed by atoms with Gasteiger partial charge in [-0.05, 0) is 25.2 Å². The van der Waals surface area contributed by atoms with Gasteiger partial charge < -0.3 is 9.84 Å². The second kappa shape index (κ2) is 6.30. The summed E-state index contributed by atoms with van der Waals surface area (Å²) in [5, 5.41) is 8.93. The van der Waals surface area contributed by atoms with Gasteiger partial charge in [-0.2, -0.15) is 0 Å². The van der Waals surface area contributed by atoms with Gasteiger partial charge in [0.2, 0.25) is 0 Å². The lowest BCUT2D eigenvalue weighted by molar-refractivity contribution is -0.144. The van der Waals surface area contributed by atoms with Crippen LogP contribution in [0.3, 0.4) is 0 Å². The Balaban J connectivity index is 2.65. The molecule has 0 aliphatic heterocycles. The van der Waals surface area contributed by atoms with Crippen LogP contribution in [0, 0.1) is 5.92 Å². The van der Waals surface area contributed by atoms with Gasteiger partial charge >= 0.3 is 11.9 Å². The van der Waals surface area contributed by atoms with E-state index in [4.69, 9.17) is 9.84 Å². The summed E-state index contributed by atoms with van der Waals surface area (Å²) in [4.78, 5) is 22.4. The monoisotopic (exact) mass is 226 g/mol. The van der Waals surface area contributed by atoms with Crippen molar-refractivity contribution in [2.45, 2.75) is 39.0 Å². The molecule has 0 bridgehead atoms. The van der Waals surface area contributed by atoms with Gasteiger partial charge in [-0.15, -0.1) is 0 Å². The van der Waals surface area contributed by atoms with Gasteiger partial charge in [-0.3, -0.25) is 0 Å². The largest absolute Gasteiger partial charge is 0.477 e. The predicted molar refractivity (Wildman–Crippen MR) is 58.9 cm³/mol. The van der Waals surface area contributed by atoms with Crippen LogP contribution in [0.4, 0.5) is 0 Å². The van der Waals surface area contributed by atoms with Crippen molar-refractivity contribution in [3.05, 3.63) is 11.6 Å². The summed E-state index contributed by atoms with van der Waals surface area (Å²) < 4.78 is 4.84. The Morgan fingerprint density at radius 2 is 2.00 bits per heavy atom. The second-order valence-electron chi connectivity index (χ2n) is 4.07. The zero-order valence-corrected chi connectivity index (χ0v) is 9.57. The molecule has 16 heavy (non-hydrogen) atoms. The topological polar surface area (TPSA) is 63.6 Å². The summed E-state index contributed by atoms with van der Waals surface area (Å²) in [6.07, 6.45) is 6.42. The molecular formula is C12H18O4. The Morgan fingerprint density at radius 3 is 2.50 bits per heavy atom. The Labute approximate surface area is 95.3 Å². The molecular weight excluding hydrogens is 208 g/mol. The molecule has 0 spiro atoms. The fourth-order valence-electron chi connectivity index (χ4n) is 1.86. The molecule has 4 nitrogen and oxygen atoms in total. The molecule has 0 saturated heterocycles. The fraction of sp³-hybridized carbons (Fsp3) is 0.667. The molecule has 0 aromatic heterocycles. The van der Waals surface area contributed by atoms with Gasteiger partial charge in [0, 0.05) is 0 Å². The van der Waals surface area contributed by atoms with Gasteiger partial charge in [-0.25, -0.2) is 9.59 Å². The number of hydrogen-bond donors (Lipinski definition) is 1. The molecule has 0 radical (unpaired) electrons. The van der Waals surface area contributed by atoms with E-state index in [1.165, 1.54) is 0 Å². The third kappa shape index (κ3) is 3.68. The van der Waals surface area contributed by atoms with E-state index in [-0.39, 0.29) is 18.1 Å². The highest BCUT2D eigenvalue weighted by Gasteiger charge is 2.22. The Hall–Kier alpha value is -1.32. The number of ether oxygens (including phenoxy) is 1. The lowest BCUT2D eigenvalue weighted by Crippen LogP contribution is -2.17. The van der Waals surface area contributed by atoms with E-state index in [9.17, 15) is 9.59 Å². The molecule has 0 unspecified atom stereocenters. The zero-order valence-electron chi connectivity index (χ0n) is 9.57. The minimum absolute atomic E-state index is 0.208. The highest BCUT2D eigenvalue weighted by molar-refractivity contribution is 6.13. The molecule has 1 rings (SSSR count). The minimum Gasteiger partial charge on any atom is -0.477 e.